The number of para-hydroxylation sites is 2. The molecule has 10 heteroatoms. The average Bonchev–Trinajstić information content (AvgIpc) is 2.74. The normalized spacial score (nSPS) is 11.6. The van der Waals surface area contributed by atoms with Crippen molar-refractivity contribution in [1.82, 2.24) is 0 Å². The molecule has 0 aromatic heterocycles. The Morgan fingerprint density at radius 2 is 1.16 bits per heavy atom. The summed E-state index contributed by atoms with van der Waals surface area (Å²) < 4.78 is 66.6. The third-order valence-electron chi connectivity index (χ3n) is 4.41. The zero-order valence-corrected chi connectivity index (χ0v) is 18.7. The fourth-order valence-electron chi connectivity index (χ4n) is 2.79. The molecule has 0 unspecified atom stereocenters. The Hall–Kier alpha value is -3.24. The molecule has 3 aromatic rings. The summed E-state index contributed by atoms with van der Waals surface area (Å²) in [5, 5.41) is 0. The molecule has 0 spiro atoms. The Morgan fingerprint density at radius 1 is 0.645 bits per heavy atom. The highest BCUT2D eigenvalue weighted by Gasteiger charge is 2.21. The van der Waals surface area contributed by atoms with Crippen LogP contribution in [-0.4, -0.2) is 31.1 Å². The van der Waals surface area contributed by atoms with Gasteiger partial charge in [0.2, 0.25) is 0 Å². The van der Waals surface area contributed by atoms with Crippen LogP contribution in [0.25, 0.3) is 0 Å². The first-order valence-electron chi connectivity index (χ1n) is 9.09. The van der Waals surface area contributed by atoms with Gasteiger partial charge in [-0.2, -0.15) is 0 Å². The second-order valence-electron chi connectivity index (χ2n) is 6.59. The van der Waals surface area contributed by atoms with E-state index >= 15 is 0 Å². The molecule has 0 aliphatic heterocycles. The van der Waals surface area contributed by atoms with Crippen molar-refractivity contribution >= 4 is 31.4 Å². The fraction of sp³-hybridized carbons (Fsp3) is 0.143. The lowest BCUT2D eigenvalue weighted by atomic mass is 10.2. The van der Waals surface area contributed by atoms with Gasteiger partial charge in [-0.1, -0.05) is 29.8 Å². The molecule has 0 aliphatic rings. The summed E-state index contributed by atoms with van der Waals surface area (Å²) in [6.07, 6.45) is 0. The summed E-state index contributed by atoms with van der Waals surface area (Å²) in [5.41, 5.74) is 1.15. The van der Waals surface area contributed by atoms with Crippen molar-refractivity contribution in [2.75, 3.05) is 23.7 Å². The lowest BCUT2D eigenvalue weighted by Gasteiger charge is -2.15. The molecule has 0 saturated carbocycles. The monoisotopic (exact) mass is 462 g/mol. The number of benzene rings is 3. The Bertz CT molecular complexity index is 1290. The minimum atomic E-state index is -4.04. The third kappa shape index (κ3) is 5.09. The topological polar surface area (TPSA) is 111 Å². The zero-order chi connectivity index (χ0) is 22.6. The van der Waals surface area contributed by atoms with E-state index in [-0.39, 0.29) is 26.9 Å². The van der Waals surface area contributed by atoms with Gasteiger partial charge in [0.05, 0.1) is 35.4 Å². The number of sulfonamides is 2. The van der Waals surface area contributed by atoms with Crippen LogP contribution in [0.2, 0.25) is 0 Å². The smallest absolute Gasteiger partial charge is 0.262 e. The summed E-state index contributed by atoms with van der Waals surface area (Å²) >= 11 is 0. The van der Waals surface area contributed by atoms with Crippen LogP contribution in [0.4, 0.5) is 11.4 Å². The highest BCUT2D eigenvalue weighted by Crippen LogP contribution is 2.32. The van der Waals surface area contributed by atoms with Crippen LogP contribution in [0.1, 0.15) is 5.56 Å². The first kappa shape index (κ1) is 22.4. The largest absolute Gasteiger partial charge is 0.495 e. The van der Waals surface area contributed by atoms with E-state index in [4.69, 9.17) is 9.47 Å². The van der Waals surface area contributed by atoms with Crippen LogP contribution >= 0.6 is 0 Å². The number of hydrogen-bond donors (Lipinski definition) is 2. The van der Waals surface area contributed by atoms with Crippen LogP contribution in [0.3, 0.4) is 0 Å². The van der Waals surface area contributed by atoms with E-state index in [0.717, 1.165) is 5.56 Å². The molecule has 0 atom stereocenters. The molecular weight excluding hydrogens is 440 g/mol. The van der Waals surface area contributed by atoms with Crippen LogP contribution in [-0.2, 0) is 20.0 Å². The SMILES string of the molecule is COc1ccccc1NS(=O)(=O)c1ccc(OC)c(NS(=O)(=O)c2ccc(C)cc2)c1. The van der Waals surface area contributed by atoms with Crippen LogP contribution in [0.15, 0.2) is 76.5 Å². The first-order valence-corrected chi connectivity index (χ1v) is 12.1. The van der Waals surface area contributed by atoms with E-state index in [9.17, 15) is 16.8 Å². The minimum absolute atomic E-state index is 0.00835. The van der Waals surface area contributed by atoms with E-state index in [1.807, 2.05) is 6.92 Å². The number of methoxy groups -OCH3 is 2. The molecule has 164 valence electrons. The van der Waals surface area contributed by atoms with Gasteiger partial charge in [-0.25, -0.2) is 16.8 Å². The molecule has 0 radical (unpaired) electrons. The number of ether oxygens (including phenoxy) is 2. The highest BCUT2D eigenvalue weighted by atomic mass is 32.2. The number of nitrogens with one attached hydrogen (secondary N) is 2. The van der Waals surface area contributed by atoms with Gasteiger partial charge >= 0.3 is 0 Å². The van der Waals surface area contributed by atoms with Gasteiger partial charge in [0.1, 0.15) is 11.5 Å². The van der Waals surface area contributed by atoms with Crippen LogP contribution < -0.4 is 18.9 Å². The molecule has 0 amide bonds. The number of hydrogen-bond acceptors (Lipinski definition) is 6. The second kappa shape index (κ2) is 8.86. The van der Waals surface area contributed by atoms with Crippen molar-refractivity contribution in [3.8, 4) is 11.5 Å². The molecule has 31 heavy (non-hydrogen) atoms. The van der Waals surface area contributed by atoms with Crippen molar-refractivity contribution in [3.05, 3.63) is 72.3 Å². The molecule has 2 N–H and O–H groups in total. The Labute approximate surface area is 181 Å². The first-order chi connectivity index (χ1) is 14.7. The van der Waals surface area contributed by atoms with Gasteiger partial charge in [-0.15, -0.1) is 0 Å². The molecular formula is C21H22N2O6S2. The van der Waals surface area contributed by atoms with Crippen molar-refractivity contribution in [1.29, 1.82) is 0 Å². The van der Waals surface area contributed by atoms with Gasteiger partial charge in [-0.3, -0.25) is 9.44 Å². The lowest BCUT2D eigenvalue weighted by molar-refractivity contribution is 0.416. The zero-order valence-electron chi connectivity index (χ0n) is 17.1. The van der Waals surface area contributed by atoms with Gasteiger partial charge < -0.3 is 9.47 Å². The maximum Gasteiger partial charge on any atom is 0.262 e. The van der Waals surface area contributed by atoms with Crippen molar-refractivity contribution in [2.45, 2.75) is 16.7 Å². The molecule has 3 aromatic carbocycles. The van der Waals surface area contributed by atoms with Crippen LogP contribution in [0, 0.1) is 6.92 Å². The summed E-state index contributed by atoms with van der Waals surface area (Å²) in [7, 11) is -5.21. The van der Waals surface area contributed by atoms with Gasteiger partial charge in [-0.05, 0) is 49.4 Å². The summed E-state index contributed by atoms with van der Waals surface area (Å²) in [6.45, 7) is 1.84. The molecule has 0 saturated heterocycles. The van der Waals surface area contributed by atoms with E-state index in [2.05, 4.69) is 9.44 Å². The summed E-state index contributed by atoms with van der Waals surface area (Å²) in [6, 6.07) is 16.7. The third-order valence-corrected chi connectivity index (χ3v) is 7.15. The Morgan fingerprint density at radius 3 is 1.81 bits per heavy atom. The lowest BCUT2D eigenvalue weighted by Crippen LogP contribution is -2.16. The fourth-order valence-corrected chi connectivity index (χ4v) is 4.95. The maximum absolute atomic E-state index is 12.9. The average molecular weight is 463 g/mol. The molecule has 8 nitrogen and oxygen atoms in total. The van der Waals surface area contributed by atoms with E-state index < -0.39 is 20.0 Å². The molecule has 0 aliphatic carbocycles. The van der Waals surface area contributed by atoms with Gasteiger partial charge in [0.15, 0.2) is 0 Å². The van der Waals surface area contributed by atoms with E-state index in [1.54, 1.807) is 36.4 Å². The Kier molecular flexibility index (Phi) is 6.42. The standard InChI is InChI=1S/C21H22N2O6S2/c1-15-8-10-16(11-9-15)30(24,25)23-19-14-17(12-13-21(19)29-3)31(26,27)22-18-6-4-5-7-20(18)28-2/h4-14,22-23H,1-3H3. The highest BCUT2D eigenvalue weighted by molar-refractivity contribution is 7.93. The Balaban J connectivity index is 1.97. The van der Waals surface area contributed by atoms with Gasteiger partial charge in [0, 0.05) is 0 Å². The van der Waals surface area contributed by atoms with Crippen molar-refractivity contribution in [3.63, 3.8) is 0 Å². The van der Waals surface area contributed by atoms with Crippen molar-refractivity contribution < 1.29 is 26.3 Å². The van der Waals surface area contributed by atoms with Gasteiger partial charge in [0.25, 0.3) is 20.0 Å². The van der Waals surface area contributed by atoms with E-state index in [0.29, 0.717) is 5.75 Å². The minimum Gasteiger partial charge on any atom is -0.495 e. The molecule has 0 bridgehead atoms. The van der Waals surface area contributed by atoms with E-state index in [1.165, 1.54) is 44.6 Å². The number of anilines is 2. The van der Waals surface area contributed by atoms with Crippen molar-refractivity contribution in [2.24, 2.45) is 0 Å². The number of aryl methyl sites for hydroxylation is 1. The second-order valence-corrected chi connectivity index (χ2v) is 9.95. The maximum atomic E-state index is 12.9. The number of rotatable bonds is 8. The molecule has 0 fully saturated rings. The predicted molar refractivity (Wildman–Crippen MR) is 119 cm³/mol. The summed E-state index contributed by atoms with van der Waals surface area (Å²) in [5.74, 6) is 0.520. The molecule has 0 heterocycles. The molecule has 3 rings (SSSR count). The summed E-state index contributed by atoms with van der Waals surface area (Å²) in [4.78, 5) is -0.110. The van der Waals surface area contributed by atoms with Crippen LogP contribution in [0.5, 0.6) is 11.5 Å². The quantitative estimate of drug-likeness (QED) is 0.529. The predicted octanol–water partition coefficient (Wildman–Crippen LogP) is 3.61.